The number of piperidine rings is 1. The molecule has 0 bridgehead atoms. The number of amides is 1. The number of carbonyl (C=O) groups is 1. The van der Waals surface area contributed by atoms with Crippen molar-refractivity contribution in [1.29, 1.82) is 0 Å². The molecule has 1 saturated heterocycles. The van der Waals surface area contributed by atoms with E-state index in [1.54, 1.807) is 11.8 Å². The predicted octanol–water partition coefficient (Wildman–Crippen LogP) is 3.35. The highest BCUT2D eigenvalue weighted by Gasteiger charge is 2.19. The minimum atomic E-state index is 0.286. The molecule has 0 atom stereocenters. The summed E-state index contributed by atoms with van der Waals surface area (Å²) in [6, 6.07) is 8.34. The number of carbonyl (C=O) groups excluding carboxylic acids is 1. The van der Waals surface area contributed by atoms with Gasteiger partial charge in [0.2, 0.25) is 5.91 Å². The molecule has 2 rings (SSSR count). The first kappa shape index (κ1) is 13.5. The number of nitrogens with zero attached hydrogens (tertiary/aromatic N) is 1. The van der Waals surface area contributed by atoms with Gasteiger partial charge < -0.3 is 4.90 Å². The lowest BCUT2D eigenvalue weighted by molar-refractivity contribution is -0.129. The van der Waals surface area contributed by atoms with E-state index < -0.39 is 0 Å². The molecule has 0 aliphatic carbocycles. The maximum Gasteiger partial charge on any atom is 0.232 e. The lowest BCUT2D eigenvalue weighted by Crippen LogP contribution is -2.38. The zero-order valence-corrected chi connectivity index (χ0v) is 12.0. The lowest BCUT2D eigenvalue weighted by atomic mass is 9.99. The van der Waals surface area contributed by atoms with Gasteiger partial charge in [-0.05, 0) is 37.8 Å². The quantitative estimate of drug-likeness (QED) is 0.780. The third-order valence-electron chi connectivity index (χ3n) is 3.49. The van der Waals surface area contributed by atoms with Gasteiger partial charge in [0.25, 0.3) is 0 Å². The molecular weight excluding hydrogens is 242 g/mol. The van der Waals surface area contributed by atoms with E-state index in [1.807, 2.05) is 11.0 Å². The molecule has 0 spiro atoms. The monoisotopic (exact) mass is 263 g/mol. The first-order valence-electron chi connectivity index (χ1n) is 6.62. The number of likely N-dealkylation sites (tertiary alicyclic amines) is 1. The zero-order valence-electron chi connectivity index (χ0n) is 11.2. The maximum atomic E-state index is 12.1. The van der Waals surface area contributed by atoms with Crippen LogP contribution >= 0.6 is 11.8 Å². The van der Waals surface area contributed by atoms with Crippen molar-refractivity contribution in [1.82, 2.24) is 4.90 Å². The molecule has 2 nitrogen and oxygen atoms in total. The average Bonchev–Trinajstić information content (AvgIpc) is 2.37. The molecule has 0 aromatic heterocycles. The Morgan fingerprint density at radius 2 is 2.11 bits per heavy atom. The Kier molecular flexibility index (Phi) is 4.70. The van der Waals surface area contributed by atoms with Gasteiger partial charge in [0, 0.05) is 18.0 Å². The van der Waals surface area contributed by atoms with Gasteiger partial charge in [-0.25, -0.2) is 0 Å². The number of benzene rings is 1. The Morgan fingerprint density at radius 3 is 2.78 bits per heavy atom. The molecule has 1 heterocycles. The van der Waals surface area contributed by atoms with Gasteiger partial charge in [0.15, 0.2) is 0 Å². The maximum absolute atomic E-state index is 12.1. The summed E-state index contributed by atoms with van der Waals surface area (Å²) in [4.78, 5) is 15.3. The van der Waals surface area contributed by atoms with Crippen LogP contribution in [0.3, 0.4) is 0 Å². The number of aryl methyl sites for hydroxylation is 1. The van der Waals surface area contributed by atoms with E-state index in [9.17, 15) is 4.79 Å². The fourth-order valence-corrected chi connectivity index (χ4v) is 3.12. The predicted molar refractivity (Wildman–Crippen MR) is 76.9 cm³/mol. The second-order valence-electron chi connectivity index (χ2n) is 5.17. The first-order chi connectivity index (χ1) is 8.65. The molecule has 0 radical (unpaired) electrons. The van der Waals surface area contributed by atoms with Crippen molar-refractivity contribution in [3.8, 4) is 0 Å². The molecular formula is C15H21NOS. The zero-order chi connectivity index (χ0) is 13.0. The van der Waals surface area contributed by atoms with Crippen LogP contribution in [0.4, 0.5) is 0 Å². The summed E-state index contributed by atoms with van der Waals surface area (Å²) in [5, 5.41) is 0. The summed E-state index contributed by atoms with van der Waals surface area (Å²) >= 11 is 1.65. The Balaban J connectivity index is 1.81. The Morgan fingerprint density at radius 1 is 1.39 bits per heavy atom. The van der Waals surface area contributed by atoms with Crippen LogP contribution in [-0.2, 0) is 4.79 Å². The van der Waals surface area contributed by atoms with Crippen molar-refractivity contribution in [3.63, 3.8) is 0 Å². The highest BCUT2D eigenvalue weighted by Crippen LogP contribution is 2.21. The van der Waals surface area contributed by atoms with Crippen molar-refractivity contribution in [2.24, 2.45) is 5.92 Å². The molecule has 18 heavy (non-hydrogen) atoms. The van der Waals surface area contributed by atoms with Gasteiger partial charge in [-0.3, -0.25) is 4.79 Å². The third kappa shape index (κ3) is 3.77. The van der Waals surface area contributed by atoms with E-state index in [2.05, 4.69) is 32.0 Å². The number of thioether (sulfide) groups is 1. The van der Waals surface area contributed by atoms with Crippen LogP contribution in [0.25, 0.3) is 0 Å². The van der Waals surface area contributed by atoms with E-state index in [4.69, 9.17) is 0 Å². The smallest absolute Gasteiger partial charge is 0.232 e. The summed E-state index contributed by atoms with van der Waals surface area (Å²) in [6.45, 7) is 6.23. The van der Waals surface area contributed by atoms with Crippen LogP contribution in [0.1, 0.15) is 25.3 Å². The molecule has 1 aliphatic rings. The molecule has 1 aliphatic heterocycles. The van der Waals surface area contributed by atoms with E-state index >= 15 is 0 Å². The average molecular weight is 263 g/mol. The van der Waals surface area contributed by atoms with Gasteiger partial charge in [-0.2, -0.15) is 0 Å². The van der Waals surface area contributed by atoms with Gasteiger partial charge in [-0.15, -0.1) is 11.8 Å². The van der Waals surface area contributed by atoms with Crippen LogP contribution in [0.2, 0.25) is 0 Å². The number of rotatable bonds is 3. The number of hydrogen-bond donors (Lipinski definition) is 0. The van der Waals surface area contributed by atoms with Crippen molar-refractivity contribution in [2.75, 3.05) is 18.8 Å². The summed E-state index contributed by atoms with van der Waals surface area (Å²) in [6.07, 6.45) is 2.31. The Hall–Kier alpha value is -0.960. The number of hydrogen-bond acceptors (Lipinski definition) is 2. The van der Waals surface area contributed by atoms with E-state index in [1.165, 1.54) is 10.5 Å². The third-order valence-corrected chi connectivity index (χ3v) is 4.47. The van der Waals surface area contributed by atoms with Crippen molar-refractivity contribution >= 4 is 17.7 Å². The van der Waals surface area contributed by atoms with Crippen molar-refractivity contribution in [2.45, 2.75) is 31.6 Å². The molecule has 0 saturated carbocycles. The van der Waals surface area contributed by atoms with Crippen molar-refractivity contribution < 1.29 is 4.79 Å². The molecule has 3 heteroatoms. The van der Waals surface area contributed by atoms with Gasteiger partial charge >= 0.3 is 0 Å². The summed E-state index contributed by atoms with van der Waals surface area (Å²) in [5.41, 5.74) is 1.25. The van der Waals surface area contributed by atoms with Crippen LogP contribution in [0.15, 0.2) is 29.2 Å². The molecule has 98 valence electrons. The second kappa shape index (κ2) is 6.28. The minimum absolute atomic E-state index is 0.286. The molecule has 1 fully saturated rings. The van der Waals surface area contributed by atoms with Crippen LogP contribution in [-0.4, -0.2) is 29.6 Å². The molecule has 1 aromatic carbocycles. The molecule has 0 N–H and O–H groups in total. The fraction of sp³-hybridized carbons (Fsp3) is 0.533. The fourth-order valence-electron chi connectivity index (χ4n) is 2.20. The van der Waals surface area contributed by atoms with Crippen LogP contribution in [0.5, 0.6) is 0 Å². The first-order valence-corrected chi connectivity index (χ1v) is 7.61. The van der Waals surface area contributed by atoms with Crippen LogP contribution in [0, 0.1) is 12.8 Å². The summed E-state index contributed by atoms with van der Waals surface area (Å²) in [7, 11) is 0. The Bertz CT molecular complexity index is 411. The summed E-state index contributed by atoms with van der Waals surface area (Å²) < 4.78 is 0. The lowest BCUT2D eigenvalue weighted by Gasteiger charge is -2.30. The van der Waals surface area contributed by atoms with Crippen molar-refractivity contribution in [3.05, 3.63) is 29.8 Å². The van der Waals surface area contributed by atoms with E-state index in [-0.39, 0.29) is 5.91 Å². The molecule has 1 amide bonds. The largest absolute Gasteiger partial charge is 0.342 e. The van der Waals surface area contributed by atoms with E-state index in [0.717, 1.165) is 31.8 Å². The second-order valence-corrected chi connectivity index (χ2v) is 6.22. The normalized spacial score (nSPS) is 16.9. The minimum Gasteiger partial charge on any atom is -0.342 e. The highest BCUT2D eigenvalue weighted by molar-refractivity contribution is 8.00. The van der Waals surface area contributed by atoms with Gasteiger partial charge in [0.1, 0.15) is 0 Å². The van der Waals surface area contributed by atoms with E-state index in [0.29, 0.717) is 5.75 Å². The van der Waals surface area contributed by atoms with Crippen LogP contribution < -0.4 is 0 Å². The summed E-state index contributed by atoms with van der Waals surface area (Å²) in [5.74, 6) is 1.63. The van der Waals surface area contributed by atoms with Gasteiger partial charge in [0.05, 0.1) is 5.75 Å². The Labute approximate surface area is 114 Å². The highest BCUT2D eigenvalue weighted by atomic mass is 32.2. The molecule has 1 aromatic rings. The van der Waals surface area contributed by atoms with Gasteiger partial charge in [-0.1, -0.05) is 24.6 Å². The SMILES string of the molecule is Cc1cccc(SCC(=O)N2CCC(C)CC2)c1. The standard InChI is InChI=1S/C15H21NOS/c1-12-6-8-16(9-7-12)15(17)11-18-14-5-3-4-13(2)10-14/h3-5,10,12H,6-9,11H2,1-2H3. The molecule has 0 unspecified atom stereocenters. The topological polar surface area (TPSA) is 20.3 Å².